The molecule has 0 unspecified atom stereocenters. The van der Waals surface area contributed by atoms with Crippen molar-refractivity contribution in [3.8, 4) is 0 Å². The molecule has 0 radical (unpaired) electrons. The molecule has 0 spiro atoms. The van der Waals surface area contributed by atoms with E-state index in [-0.39, 0.29) is 5.69 Å². The summed E-state index contributed by atoms with van der Waals surface area (Å²) in [6, 6.07) is 0. The Morgan fingerprint density at radius 3 is 2.58 bits per heavy atom. The van der Waals surface area contributed by atoms with Gasteiger partial charge in [-0.15, -0.1) is 11.3 Å². The van der Waals surface area contributed by atoms with Crippen molar-refractivity contribution in [3.63, 3.8) is 0 Å². The normalized spacial score (nSPS) is 11.2. The molecular weight excluding hydrogens is 189 g/mol. The van der Waals surface area contributed by atoms with Crippen LogP contribution in [0.1, 0.15) is 5.56 Å². The van der Waals surface area contributed by atoms with Crippen molar-refractivity contribution in [1.29, 1.82) is 0 Å². The highest BCUT2D eigenvalue weighted by atomic mass is 32.1. The lowest BCUT2D eigenvalue weighted by Crippen LogP contribution is -2.05. The van der Waals surface area contributed by atoms with Gasteiger partial charge in [-0.3, -0.25) is 5.43 Å². The van der Waals surface area contributed by atoms with E-state index < -0.39 is 11.7 Å². The molecule has 0 fully saturated rings. The Hall–Kier alpha value is -1.04. The van der Waals surface area contributed by atoms with Crippen LogP contribution in [0.5, 0.6) is 0 Å². The number of alkyl halides is 3. The van der Waals surface area contributed by atoms with Gasteiger partial charge in [-0.25, -0.2) is 0 Å². The predicted molar refractivity (Wildman–Crippen MR) is 42.5 cm³/mol. The van der Waals surface area contributed by atoms with Gasteiger partial charge in [0.25, 0.3) is 0 Å². The molecule has 0 aliphatic carbocycles. The average molecular weight is 194 g/mol. The summed E-state index contributed by atoms with van der Waals surface area (Å²) in [6.45, 7) is 3.03. The minimum Gasteiger partial charge on any atom is -0.278 e. The lowest BCUT2D eigenvalue weighted by atomic mass is 10.3. The first kappa shape index (κ1) is 9.05. The van der Waals surface area contributed by atoms with Gasteiger partial charge in [0.1, 0.15) is 0 Å². The Bertz CT molecular complexity index is 279. The summed E-state index contributed by atoms with van der Waals surface area (Å²) in [5.74, 6) is 0. The summed E-state index contributed by atoms with van der Waals surface area (Å²) < 4.78 is 36.3. The molecule has 2 nitrogen and oxygen atoms in total. The quantitative estimate of drug-likeness (QED) is 0.568. The minimum absolute atomic E-state index is 0.0532. The van der Waals surface area contributed by atoms with Gasteiger partial charge in [0.15, 0.2) is 0 Å². The largest absolute Gasteiger partial charge is 0.419 e. The van der Waals surface area contributed by atoms with E-state index in [2.05, 4.69) is 17.2 Å². The molecule has 0 aliphatic rings. The van der Waals surface area contributed by atoms with E-state index in [9.17, 15) is 13.2 Å². The maximum Gasteiger partial charge on any atom is 0.419 e. The third kappa shape index (κ3) is 1.76. The Morgan fingerprint density at radius 1 is 1.42 bits per heavy atom. The summed E-state index contributed by atoms with van der Waals surface area (Å²) in [5.41, 5.74) is 1.41. The van der Waals surface area contributed by atoms with Crippen LogP contribution in [0.4, 0.5) is 18.9 Å². The van der Waals surface area contributed by atoms with Crippen LogP contribution >= 0.6 is 11.3 Å². The van der Waals surface area contributed by atoms with Crippen LogP contribution in [0.2, 0.25) is 0 Å². The van der Waals surface area contributed by atoms with Gasteiger partial charge in [-0.2, -0.15) is 18.3 Å². The molecule has 0 bridgehead atoms. The fourth-order valence-electron chi connectivity index (χ4n) is 0.688. The van der Waals surface area contributed by atoms with Crippen molar-refractivity contribution in [2.75, 3.05) is 5.43 Å². The first-order chi connectivity index (χ1) is 5.55. The van der Waals surface area contributed by atoms with Gasteiger partial charge in [-0.1, -0.05) is 0 Å². The van der Waals surface area contributed by atoms with Crippen molar-refractivity contribution in [3.05, 3.63) is 16.3 Å². The summed E-state index contributed by atoms with van der Waals surface area (Å²) in [6.07, 6.45) is -4.33. The summed E-state index contributed by atoms with van der Waals surface area (Å²) in [7, 11) is 0. The molecule has 1 aromatic rings. The molecule has 0 aromatic carbocycles. The summed E-state index contributed by atoms with van der Waals surface area (Å²) in [5, 5.41) is 5.51. The topological polar surface area (TPSA) is 24.4 Å². The standard InChI is InChI=1S/C6H5F3N2S/c1-10-11-5-3-12-2-4(5)6(7,8)9/h2-3,11H,1H2. The van der Waals surface area contributed by atoms with Crippen LogP contribution in [0.3, 0.4) is 0 Å². The minimum atomic E-state index is -4.33. The average Bonchev–Trinajstić information content (AvgIpc) is 2.34. The predicted octanol–water partition coefficient (Wildman–Crippen LogP) is 2.79. The number of nitrogens with zero attached hydrogens (tertiary/aromatic N) is 1. The third-order valence-corrected chi connectivity index (χ3v) is 1.91. The molecule has 1 N–H and O–H groups in total. The number of hydrazone groups is 1. The Kier molecular flexibility index (Phi) is 2.37. The Morgan fingerprint density at radius 2 is 2.08 bits per heavy atom. The molecule has 0 atom stereocenters. The number of rotatable bonds is 2. The highest BCUT2D eigenvalue weighted by molar-refractivity contribution is 7.08. The zero-order valence-electron chi connectivity index (χ0n) is 5.85. The van der Waals surface area contributed by atoms with Crippen molar-refractivity contribution in [2.24, 2.45) is 5.10 Å². The molecule has 0 saturated carbocycles. The number of anilines is 1. The van der Waals surface area contributed by atoms with Gasteiger partial charge in [0.05, 0.1) is 11.3 Å². The van der Waals surface area contributed by atoms with E-state index in [0.717, 1.165) is 16.7 Å². The van der Waals surface area contributed by atoms with Gasteiger partial charge in [-0.05, 0) is 0 Å². The van der Waals surface area contributed by atoms with Crippen LogP contribution in [0.25, 0.3) is 0 Å². The summed E-state index contributed by atoms with van der Waals surface area (Å²) >= 11 is 0.963. The van der Waals surface area contributed by atoms with Gasteiger partial charge in [0, 0.05) is 17.5 Å². The van der Waals surface area contributed by atoms with E-state index in [1.165, 1.54) is 5.38 Å². The maximum absolute atomic E-state index is 12.1. The first-order valence-electron chi connectivity index (χ1n) is 2.91. The van der Waals surface area contributed by atoms with Crippen LogP contribution in [0.15, 0.2) is 15.9 Å². The van der Waals surface area contributed by atoms with Crippen LogP contribution in [-0.4, -0.2) is 6.72 Å². The Labute approximate surface area is 70.7 Å². The number of nitrogens with one attached hydrogen (secondary N) is 1. The second-order valence-corrected chi connectivity index (χ2v) is 2.71. The number of hydrogen-bond acceptors (Lipinski definition) is 3. The fraction of sp³-hybridized carbons (Fsp3) is 0.167. The summed E-state index contributed by atoms with van der Waals surface area (Å²) in [4.78, 5) is 0. The molecule has 6 heteroatoms. The lowest BCUT2D eigenvalue weighted by molar-refractivity contribution is -0.136. The third-order valence-electron chi connectivity index (χ3n) is 1.17. The molecule has 12 heavy (non-hydrogen) atoms. The zero-order chi connectivity index (χ0) is 9.19. The molecule has 0 aliphatic heterocycles. The van der Waals surface area contributed by atoms with E-state index in [1.54, 1.807) is 0 Å². The number of halogens is 3. The molecule has 1 heterocycles. The monoisotopic (exact) mass is 194 g/mol. The van der Waals surface area contributed by atoms with Gasteiger partial charge >= 0.3 is 6.18 Å². The lowest BCUT2D eigenvalue weighted by Gasteiger charge is -2.06. The van der Waals surface area contributed by atoms with E-state index in [1.807, 2.05) is 0 Å². The van der Waals surface area contributed by atoms with Gasteiger partial charge in [0.2, 0.25) is 0 Å². The van der Waals surface area contributed by atoms with Crippen molar-refractivity contribution in [1.82, 2.24) is 0 Å². The number of hydrogen-bond donors (Lipinski definition) is 1. The molecule has 0 saturated heterocycles. The molecule has 0 amide bonds. The van der Waals surface area contributed by atoms with Crippen LogP contribution in [-0.2, 0) is 6.18 Å². The molecule has 66 valence electrons. The SMILES string of the molecule is C=NNc1cscc1C(F)(F)F. The maximum atomic E-state index is 12.1. The Balaban J connectivity index is 2.99. The van der Waals surface area contributed by atoms with Crippen molar-refractivity contribution in [2.45, 2.75) is 6.18 Å². The zero-order valence-corrected chi connectivity index (χ0v) is 6.67. The van der Waals surface area contributed by atoms with Crippen LogP contribution in [0, 0.1) is 0 Å². The van der Waals surface area contributed by atoms with E-state index in [0.29, 0.717) is 0 Å². The van der Waals surface area contributed by atoms with E-state index in [4.69, 9.17) is 0 Å². The second kappa shape index (κ2) is 3.14. The van der Waals surface area contributed by atoms with E-state index >= 15 is 0 Å². The molecule has 1 rings (SSSR count). The van der Waals surface area contributed by atoms with Crippen LogP contribution < -0.4 is 5.43 Å². The smallest absolute Gasteiger partial charge is 0.278 e. The number of thiophene rings is 1. The van der Waals surface area contributed by atoms with Gasteiger partial charge < -0.3 is 0 Å². The second-order valence-electron chi connectivity index (χ2n) is 1.97. The van der Waals surface area contributed by atoms with Crippen molar-refractivity contribution < 1.29 is 13.2 Å². The molecule has 1 aromatic heterocycles. The highest BCUT2D eigenvalue weighted by Crippen LogP contribution is 2.37. The fourth-order valence-corrected chi connectivity index (χ4v) is 1.47. The molecular formula is C6H5F3N2S. The highest BCUT2D eigenvalue weighted by Gasteiger charge is 2.34. The van der Waals surface area contributed by atoms with Crippen molar-refractivity contribution >= 4 is 23.7 Å². The first-order valence-corrected chi connectivity index (χ1v) is 3.85.